The number of amides is 1. The molecule has 2 heterocycles. The number of alkyl halides is 3. The van der Waals surface area contributed by atoms with E-state index in [1.807, 2.05) is 0 Å². The Balaban J connectivity index is 2.29. The second-order valence-electron chi connectivity index (χ2n) is 4.44. The predicted octanol–water partition coefficient (Wildman–Crippen LogP) is 1.70. The van der Waals surface area contributed by atoms with Crippen LogP contribution in [0.1, 0.15) is 28.9 Å². The number of likely N-dealkylation sites (tertiary alicyclic amines) is 1. The van der Waals surface area contributed by atoms with Gasteiger partial charge in [0.25, 0.3) is 5.91 Å². The zero-order chi connectivity index (χ0) is 14.0. The predicted molar refractivity (Wildman–Crippen MR) is 60.4 cm³/mol. The molecule has 1 N–H and O–H groups in total. The van der Waals surface area contributed by atoms with Crippen LogP contribution in [-0.2, 0) is 6.18 Å². The number of β-amino-alcohol motifs (C(OH)–C–C–N with tert-alkyl or cyclic N) is 1. The van der Waals surface area contributed by atoms with Crippen molar-refractivity contribution >= 4 is 5.91 Å². The molecule has 1 aromatic rings. The Kier molecular flexibility index (Phi) is 3.75. The minimum absolute atomic E-state index is 0.0483. The number of nitrogens with zero attached hydrogens (tertiary/aromatic N) is 2. The Morgan fingerprint density at radius 2 is 2.21 bits per heavy atom. The van der Waals surface area contributed by atoms with E-state index < -0.39 is 29.4 Å². The average Bonchev–Trinajstić information content (AvgIpc) is 2.37. The summed E-state index contributed by atoms with van der Waals surface area (Å²) < 4.78 is 38.4. The van der Waals surface area contributed by atoms with E-state index in [1.165, 1.54) is 4.90 Å². The van der Waals surface area contributed by atoms with Crippen molar-refractivity contribution in [1.29, 1.82) is 0 Å². The van der Waals surface area contributed by atoms with Crippen LogP contribution in [0, 0.1) is 0 Å². The summed E-state index contributed by atoms with van der Waals surface area (Å²) >= 11 is 0. The Labute approximate surface area is 107 Å². The van der Waals surface area contributed by atoms with Crippen LogP contribution in [0.25, 0.3) is 0 Å². The molecular weight excluding hydrogens is 261 g/mol. The number of hydrogen-bond acceptors (Lipinski definition) is 3. The minimum atomic E-state index is -4.62. The summed E-state index contributed by atoms with van der Waals surface area (Å²) in [5.74, 6) is -0.785. The summed E-state index contributed by atoms with van der Waals surface area (Å²) in [5.41, 5.74) is -1.65. The Morgan fingerprint density at radius 3 is 2.84 bits per heavy atom. The standard InChI is InChI=1S/C12H13F3N2O2/c13-12(14,15)9-4-1-5-16-10(9)11(19)17-6-2-3-8(18)7-17/h1,4-5,8,18H,2-3,6-7H2. The first kappa shape index (κ1) is 13.8. The third-order valence-corrected chi connectivity index (χ3v) is 3.00. The molecule has 1 aromatic heterocycles. The molecule has 0 aromatic carbocycles. The van der Waals surface area contributed by atoms with Crippen molar-refractivity contribution in [2.75, 3.05) is 13.1 Å². The van der Waals surface area contributed by atoms with Gasteiger partial charge in [-0.2, -0.15) is 13.2 Å². The number of piperidine rings is 1. The monoisotopic (exact) mass is 274 g/mol. The lowest BCUT2D eigenvalue weighted by atomic mass is 10.1. The van der Waals surface area contributed by atoms with Crippen LogP contribution < -0.4 is 0 Å². The molecule has 7 heteroatoms. The first-order valence-corrected chi connectivity index (χ1v) is 5.89. The Hall–Kier alpha value is -1.63. The summed E-state index contributed by atoms with van der Waals surface area (Å²) in [6.45, 7) is 0.385. The maximum Gasteiger partial charge on any atom is 0.418 e. The molecule has 104 valence electrons. The van der Waals surface area contributed by atoms with Crippen molar-refractivity contribution in [3.63, 3.8) is 0 Å². The lowest BCUT2D eigenvalue weighted by Gasteiger charge is -2.30. The smallest absolute Gasteiger partial charge is 0.391 e. The molecule has 1 unspecified atom stereocenters. The van der Waals surface area contributed by atoms with E-state index in [2.05, 4.69) is 4.98 Å². The number of rotatable bonds is 1. The molecule has 1 atom stereocenters. The van der Waals surface area contributed by atoms with Gasteiger partial charge in [0.05, 0.1) is 11.7 Å². The van der Waals surface area contributed by atoms with Gasteiger partial charge in [-0.25, -0.2) is 0 Å². The Morgan fingerprint density at radius 1 is 1.47 bits per heavy atom. The normalized spacial score (nSPS) is 20.4. The van der Waals surface area contributed by atoms with Gasteiger partial charge in [0.1, 0.15) is 5.69 Å². The van der Waals surface area contributed by atoms with Crippen molar-refractivity contribution in [3.05, 3.63) is 29.6 Å². The molecule has 0 spiro atoms. The number of halogens is 3. The zero-order valence-electron chi connectivity index (χ0n) is 10.0. The summed E-state index contributed by atoms with van der Waals surface area (Å²) in [5, 5.41) is 9.47. The minimum Gasteiger partial charge on any atom is -0.391 e. The lowest BCUT2D eigenvalue weighted by molar-refractivity contribution is -0.138. The van der Waals surface area contributed by atoms with Crippen LogP contribution in [-0.4, -0.2) is 40.1 Å². The molecule has 1 aliphatic rings. The summed E-state index contributed by atoms with van der Waals surface area (Å²) in [6.07, 6.45) is -3.02. The van der Waals surface area contributed by atoms with Crippen LogP contribution in [0.5, 0.6) is 0 Å². The summed E-state index contributed by atoms with van der Waals surface area (Å²) in [6, 6.07) is 1.98. The van der Waals surface area contributed by atoms with Crippen LogP contribution in [0.3, 0.4) is 0 Å². The highest BCUT2D eigenvalue weighted by molar-refractivity contribution is 5.94. The van der Waals surface area contributed by atoms with Crippen LogP contribution in [0.15, 0.2) is 18.3 Å². The fourth-order valence-corrected chi connectivity index (χ4v) is 2.09. The molecule has 1 fully saturated rings. The third-order valence-electron chi connectivity index (χ3n) is 3.00. The third kappa shape index (κ3) is 3.04. The van der Waals surface area contributed by atoms with Gasteiger partial charge in [0, 0.05) is 19.3 Å². The number of pyridine rings is 1. The number of aromatic nitrogens is 1. The number of aliphatic hydroxyl groups excluding tert-OH is 1. The summed E-state index contributed by atoms with van der Waals surface area (Å²) in [4.78, 5) is 16.8. The van der Waals surface area contributed by atoms with Gasteiger partial charge in [-0.15, -0.1) is 0 Å². The molecular formula is C12H13F3N2O2. The van der Waals surface area contributed by atoms with E-state index in [9.17, 15) is 23.1 Å². The molecule has 1 saturated heterocycles. The van der Waals surface area contributed by atoms with E-state index >= 15 is 0 Å². The average molecular weight is 274 g/mol. The Bertz CT molecular complexity index is 476. The van der Waals surface area contributed by atoms with Crippen molar-refractivity contribution in [2.45, 2.75) is 25.1 Å². The first-order valence-electron chi connectivity index (χ1n) is 5.89. The lowest BCUT2D eigenvalue weighted by Crippen LogP contribution is -2.43. The molecule has 0 bridgehead atoms. The molecule has 4 nitrogen and oxygen atoms in total. The van der Waals surface area contributed by atoms with Gasteiger partial charge in [-0.3, -0.25) is 9.78 Å². The van der Waals surface area contributed by atoms with Gasteiger partial charge < -0.3 is 10.0 Å². The highest BCUT2D eigenvalue weighted by atomic mass is 19.4. The van der Waals surface area contributed by atoms with E-state index in [0.29, 0.717) is 19.4 Å². The van der Waals surface area contributed by atoms with Crippen molar-refractivity contribution < 1.29 is 23.1 Å². The number of hydrogen-bond donors (Lipinski definition) is 1. The highest BCUT2D eigenvalue weighted by Crippen LogP contribution is 2.31. The van der Waals surface area contributed by atoms with Gasteiger partial charge >= 0.3 is 6.18 Å². The van der Waals surface area contributed by atoms with Crippen molar-refractivity contribution in [2.24, 2.45) is 0 Å². The molecule has 0 saturated carbocycles. The summed E-state index contributed by atoms with van der Waals surface area (Å²) in [7, 11) is 0. The maximum atomic E-state index is 12.8. The fourth-order valence-electron chi connectivity index (χ4n) is 2.09. The molecule has 2 rings (SSSR count). The molecule has 0 aliphatic carbocycles. The second-order valence-corrected chi connectivity index (χ2v) is 4.44. The molecule has 0 radical (unpaired) electrons. The van der Waals surface area contributed by atoms with Crippen LogP contribution in [0.2, 0.25) is 0 Å². The molecule has 1 amide bonds. The fraction of sp³-hybridized carbons (Fsp3) is 0.500. The molecule has 19 heavy (non-hydrogen) atoms. The van der Waals surface area contributed by atoms with Gasteiger partial charge in [0.2, 0.25) is 0 Å². The zero-order valence-corrected chi connectivity index (χ0v) is 10.0. The van der Waals surface area contributed by atoms with E-state index in [-0.39, 0.29) is 6.54 Å². The van der Waals surface area contributed by atoms with Crippen molar-refractivity contribution in [3.8, 4) is 0 Å². The van der Waals surface area contributed by atoms with Crippen LogP contribution in [0.4, 0.5) is 13.2 Å². The van der Waals surface area contributed by atoms with Gasteiger partial charge in [-0.05, 0) is 25.0 Å². The number of carbonyl (C=O) groups is 1. The SMILES string of the molecule is O=C(c1ncccc1C(F)(F)F)N1CCCC(O)C1. The highest BCUT2D eigenvalue weighted by Gasteiger charge is 2.37. The second kappa shape index (κ2) is 5.16. The van der Waals surface area contributed by atoms with E-state index in [4.69, 9.17) is 0 Å². The van der Waals surface area contributed by atoms with E-state index in [0.717, 1.165) is 18.3 Å². The topological polar surface area (TPSA) is 53.4 Å². The van der Waals surface area contributed by atoms with Gasteiger partial charge in [-0.1, -0.05) is 0 Å². The van der Waals surface area contributed by atoms with Crippen molar-refractivity contribution in [1.82, 2.24) is 9.88 Å². The molecule has 1 aliphatic heterocycles. The number of aliphatic hydroxyl groups is 1. The quantitative estimate of drug-likeness (QED) is 0.848. The van der Waals surface area contributed by atoms with Gasteiger partial charge in [0.15, 0.2) is 0 Å². The number of carbonyl (C=O) groups excluding carboxylic acids is 1. The largest absolute Gasteiger partial charge is 0.418 e. The van der Waals surface area contributed by atoms with Crippen LogP contribution >= 0.6 is 0 Å². The maximum absolute atomic E-state index is 12.8. The van der Waals surface area contributed by atoms with E-state index in [1.54, 1.807) is 0 Å². The first-order chi connectivity index (χ1) is 8.89.